The first kappa shape index (κ1) is 21.7. The lowest BCUT2D eigenvalue weighted by molar-refractivity contribution is -0.131. The van der Waals surface area contributed by atoms with E-state index in [1.165, 1.54) is 41.5 Å². The van der Waals surface area contributed by atoms with Crippen LogP contribution in [0.4, 0.5) is 0 Å². The van der Waals surface area contributed by atoms with Crippen LogP contribution in [0.5, 0.6) is 0 Å². The zero-order valence-electron chi connectivity index (χ0n) is 15.9. The van der Waals surface area contributed by atoms with Crippen LogP contribution in [0, 0.1) is 11.8 Å². The molecule has 1 aromatic carbocycles. The normalized spacial score (nSPS) is 20.9. The molecule has 0 aromatic heterocycles. The Hall–Kier alpha value is -1.64. The summed E-state index contributed by atoms with van der Waals surface area (Å²) in [5.74, 6) is -0.707. The molecule has 0 bridgehead atoms. The van der Waals surface area contributed by atoms with Crippen molar-refractivity contribution in [3.05, 3.63) is 28.8 Å². The van der Waals surface area contributed by atoms with Crippen molar-refractivity contribution < 1.29 is 22.7 Å². The fourth-order valence-corrected chi connectivity index (χ4v) is 5.01. The molecular formula is C18H25ClN2O5S. The van der Waals surface area contributed by atoms with Gasteiger partial charge in [-0.3, -0.25) is 4.79 Å². The molecule has 0 aliphatic carbocycles. The van der Waals surface area contributed by atoms with Crippen LogP contribution in [0.15, 0.2) is 23.1 Å². The molecule has 0 radical (unpaired) electrons. The van der Waals surface area contributed by atoms with Crippen molar-refractivity contribution in [1.29, 1.82) is 0 Å². The molecule has 2 atom stereocenters. The third-order valence-corrected chi connectivity index (χ3v) is 6.61. The van der Waals surface area contributed by atoms with Gasteiger partial charge in [0.15, 0.2) is 6.61 Å². The maximum absolute atomic E-state index is 13.0. The van der Waals surface area contributed by atoms with Crippen molar-refractivity contribution in [1.82, 2.24) is 9.21 Å². The number of hydrogen-bond donors (Lipinski definition) is 0. The van der Waals surface area contributed by atoms with Crippen molar-refractivity contribution >= 4 is 33.5 Å². The van der Waals surface area contributed by atoms with Gasteiger partial charge in [0.05, 0.1) is 15.5 Å². The molecule has 7 nitrogen and oxygen atoms in total. The number of piperidine rings is 1. The van der Waals surface area contributed by atoms with E-state index in [0.717, 1.165) is 6.42 Å². The van der Waals surface area contributed by atoms with Gasteiger partial charge in [-0.15, -0.1) is 0 Å². The lowest BCUT2D eigenvalue weighted by Gasteiger charge is -2.34. The number of rotatable bonds is 5. The first-order valence-electron chi connectivity index (χ1n) is 8.69. The Morgan fingerprint density at radius 2 is 1.81 bits per heavy atom. The summed E-state index contributed by atoms with van der Waals surface area (Å²) in [5, 5.41) is 0.0663. The quantitative estimate of drug-likeness (QED) is 0.687. The van der Waals surface area contributed by atoms with E-state index in [4.69, 9.17) is 16.3 Å². The highest BCUT2D eigenvalue weighted by Gasteiger charge is 2.32. The molecule has 0 unspecified atom stereocenters. The van der Waals surface area contributed by atoms with Gasteiger partial charge >= 0.3 is 5.97 Å². The zero-order chi connectivity index (χ0) is 20.4. The van der Waals surface area contributed by atoms with E-state index >= 15 is 0 Å². The van der Waals surface area contributed by atoms with E-state index in [2.05, 4.69) is 0 Å². The minimum Gasteiger partial charge on any atom is -0.452 e. The van der Waals surface area contributed by atoms with Crippen LogP contribution in [0.25, 0.3) is 0 Å². The molecular weight excluding hydrogens is 392 g/mol. The minimum absolute atomic E-state index is 0.0147. The Morgan fingerprint density at radius 1 is 1.22 bits per heavy atom. The van der Waals surface area contributed by atoms with Crippen molar-refractivity contribution in [2.24, 2.45) is 11.8 Å². The van der Waals surface area contributed by atoms with Crippen molar-refractivity contribution in [2.45, 2.75) is 25.2 Å². The molecule has 27 heavy (non-hydrogen) atoms. The number of esters is 1. The van der Waals surface area contributed by atoms with Crippen molar-refractivity contribution in [3.8, 4) is 0 Å². The van der Waals surface area contributed by atoms with E-state index in [1.54, 1.807) is 0 Å². The maximum Gasteiger partial charge on any atom is 0.340 e. The Bertz CT molecular complexity index is 815. The van der Waals surface area contributed by atoms with E-state index < -0.39 is 22.6 Å². The Labute approximate surface area is 165 Å². The number of ether oxygens (including phenoxy) is 1. The molecule has 1 aliphatic rings. The second-order valence-corrected chi connectivity index (χ2v) is 9.62. The van der Waals surface area contributed by atoms with Crippen LogP contribution >= 0.6 is 11.6 Å². The topological polar surface area (TPSA) is 84.0 Å². The molecule has 0 saturated carbocycles. The molecule has 1 heterocycles. The lowest BCUT2D eigenvalue weighted by atomic mass is 9.94. The fraction of sp³-hybridized carbons (Fsp3) is 0.556. The number of benzene rings is 1. The van der Waals surface area contributed by atoms with Crippen LogP contribution in [0.3, 0.4) is 0 Å². The summed E-state index contributed by atoms with van der Waals surface area (Å²) in [6.45, 7) is 4.47. The molecule has 1 aliphatic heterocycles. The zero-order valence-corrected chi connectivity index (χ0v) is 17.5. The predicted octanol–water partition coefficient (Wildman–Crippen LogP) is 2.25. The Kier molecular flexibility index (Phi) is 6.88. The average molecular weight is 417 g/mol. The molecule has 150 valence electrons. The number of carbonyl (C=O) groups is 2. The summed E-state index contributed by atoms with van der Waals surface area (Å²) in [6, 6.07) is 3.95. The molecule has 1 amide bonds. The average Bonchev–Trinajstić information content (AvgIpc) is 2.58. The van der Waals surface area contributed by atoms with E-state index in [1.807, 2.05) is 13.8 Å². The number of carbonyl (C=O) groups excluding carboxylic acids is 2. The van der Waals surface area contributed by atoms with Gasteiger partial charge in [0, 0.05) is 27.2 Å². The number of likely N-dealkylation sites (N-methyl/N-ethyl adjacent to an activating group) is 1. The highest BCUT2D eigenvalue weighted by molar-refractivity contribution is 7.89. The lowest BCUT2D eigenvalue weighted by Crippen LogP contribution is -2.42. The van der Waals surface area contributed by atoms with Gasteiger partial charge in [-0.2, -0.15) is 4.31 Å². The second-order valence-electron chi connectivity index (χ2n) is 7.27. The largest absolute Gasteiger partial charge is 0.452 e. The highest BCUT2D eigenvalue weighted by Crippen LogP contribution is 2.28. The molecule has 0 spiro atoms. The Morgan fingerprint density at radius 3 is 2.37 bits per heavy atom. The van der Waals surface area contributed by atoms with Crippen molar-refractivity contribution in [2.75, 3.05) is 33.8 Å². The molecule has 1 aromatic rings. The van der Waals surface area contributed by atoms with Gasteiger partial charge in [0.2, 0.25) is 10.0 Å². The number of amides is 1. The van der Waals surface area contributed by atoms with Crippen LogP contribution in [-0.2, 0) is 19.6 Å². The first-order valence-corrected chi connectivity index (χ1v) is 10.5. The molecule has 9 heteroatoms. The van der Waals surface area contributed by atoms with Crippen molar-refractivity contribution in [3.63, 3.8) is 0 Å². The minimum atomic E-state index is -3.75. The van der Waals surface area contributed by atoms with Gasteiger partial charge in [-0.05, 0) is 36.5 Å². The molecule has 1 saturated heterocycles. The number of sulfonamides is 1. The van der Waals surface area contributed by atoms with Gasteiger partial charge in [0.1, 0.15) is 0 Å². The van der Waals surface area contributed by atoms with E-state index in [0.29, 0.717) is 13.1 Å². The SMILES string of the molecule is C[C@@H]1C[C@H](C)CN(S(=O)(=O)c2ccc(Cl)c(C(=O)OCC(=O)N(C)C)c2)C1. The van der Waals surface area contributed by atoms with Gasteiger partial charge in [-0.1, -0.05) is 25.4 Å². The summed E-state index contributed by atoms with van der Waals surface area (Å²) in [5.41, 5.74) is -0.0811. The van der Waals surface area contributed by atoms with Crippen LogP contribution in [0.1, 0.15) is 30.6 Å². The summed E-state index contributed by atoms with van der Waals surface area (Å²) in [4.78, 5) is 25.1. The molecule has 1 fully saturated rings. The number of halogens is 1. The smallest absolute Gasteiger partial charge is 0.340 e. The van der Waals surface area contributed by atoms with E-state index in [9.17, 15) is 18.0 Å². The number of nitrogens with zero attached hydrogens (tertiary/aromatic N) is 2. The molecule has 0 N–H and O–H groups in total. The second kappa shape index (κ2) is 8.58. The summed E-state index contributed by atoms with van der Waals surface area (Å²) in [6.07, 6.45) is 0.976. The van der Waals surface area contributed by atoms with Gasteiger partial charge < -0.3 is 9.64 Å². The van der Waals surface area contributed by atoms with E-state index in [-0.39, 0.29) is 33.2 Å². The van der Waals surface area contributed by atoms with Crippen LogP contribution in [-0.4, -0.2) is 63.3 Å². The van der Waals surface area contributed by atoms with Crippen LogP contribution in [0.2, 0.25) is 5.02 Å². The first-order chi connectivity index (χ1) is 12.5. The summed E-state index contributed by atoms with van der Waals surface area (Å²) < 4.78 is 32.4. The standard InChI is InChI=1S/C18H25ClN2O5S/c1-12-7-13(2)10-21(9-12)27(24,25)14-5-6-16(19)15(8-14)18(23)26-11-17(22)20(3)4/h5-6,8,12-13H,7,9-11H2,1-4H3/t12-,13+. The highest BCUT2D eigenvalue weighted by atomic mass is 35.5. The van der Waals surface area contributed by atoms with Crippen LogP contribution < -0.4 is 0 Å². The third-order valence-electron chi connectivity index (χ3n) is 4.46. The fourth-order valence-electron chi connectivity index (χ4n) is 3.11. The Balaban J connectivity index is 2.25. The maximum atomic E-state index is 13.0. The summed E-state index contributed by atoms with van der Waals surface area (Å²) >= 11 is 6.05. The van der Waals surface area contributed by atoms with Gasteiger partial charge in [-0.25, -0.2) is 13.2 Å². The summed E-state index contributed by atoms with van der Waals surface area (Å²) in [7, 11) is -0.676. The third kappa shape index (κ3) is 5.21. The molecule has 2 rings (SSSR count). The monoisotopic (exact) mass is 416 g/mol. The predicted molar refractivity (Wildman–Crippen MR) is 102 cm³/mol. The number of hydrogen-bond acceptors (Lipinski definition) is 5. The van der Waals surface area contributed by atoms with Gasteiger partial charge in [0.25, 0.3) is 5.91 Å².